The van der Waals surface area contributed by atoms with Gasteiger partial charge in [-0.15, -0.1) is 0 Å². The van der Waals surface area contributed by atoms with Crippen LogP contribution in [0.1, 0.15) is 24.7 Å². The molecular weight excluding hydrogens is 380 g/mol. The van der Waals surface area contributed by atoms with Crippen molar-refractivity contribution in [1.82, 2.24) is 15.5 Å². The van der Waals surface area contributed by atoms with Gasteiger partial charge in [-0.05, 0) is 26.3 Å². The monoisotopic (exact) mass is 414 g/mol. The molecule has 4 rings (SSSR count). The summed E-state index contributed by atoms with van der Waals surface area (Å²) in [6.07, 6.45) is 1.12. The molecule has 2 aliphatic heterocycles. The molecule has 2 atom stereocenters. The van der Waals surface area contributed by atoms with Crippen molar-refractivity contribution in [3.8, 4) is 0 Å². The van der Waals surface area contributed by atoms with Crippen LogP contribution in [-0.4, -0.2) is 69.5 Å². The van der Waals surface area contributed by atoms with Crippen LogP contribution in [0.15, 0.2) is 33.7 Å². The normalized spacial score (nSPS) is 21.8. The lowest BCUT2D eigenvalue weighted by molar-refractivity contribution is 0.00246. The summed E-state index contributed by atoms with van der Waals surface area (Å²) >= 11 is 0. The topological polar surface area (TPSA) is 71.3 Å². The van der Waals surface area contributed by atoms with Gasteiger partial charge >= 0.3 is 0 Å². The van der Waals surface area contributed by atoms with Gasteiger partial charge in [-0.2, -0.15) is 0 Å². The van der Waals surface area contributed by atoms with E-state index < -0.39 is 0 Å². The van der Waals surface area contributed by atoms with Crippen LogP contribution in [-0.2, 0) is 16.0 Å². The first kappa shape index (κ1) is 21.2. The fourth-order valence-corrected chi connectivity index (χ4v) is 4.43. The lowest BCUT2D eigenvalue weighted by Crippen LogP contribution is -2.53. The van der Waals surface area contributed by atoms with Crippen molar-refractivity contribution >= 4 is 16.9 Å². The van der Waals surface area contributed by atoms with E-state index >= 15 is 0 Å². The molecule has 7 nitrogen and oxygen atoms in total. The maximum Gasteiger partial charge on any atom is 0.191 e. The van der Waals surface area contributed by atoms with Crippen molar-refractivity contribution in [2.45, 2.75) is 32.9 Å². The molecule has 0 amide bonds. The minimum Gasteiger partial charge on any atom is -0.459 e. The van der Waals surface area contributed by atoms with E-state index in [0.717, 1.165) is 81.7 Å². The molecule has 30 heavy (non-hydrogen) atoms. The quantitative estimate of drug-likeness (QED) is 0.536. The molecule has 2 saturated heterocycles. The summed E-state index contributed by atoms with van der Waals surface area (Å²) in [7, 11) is 0. The van der Waals surface area contributed by atoms with E-state index in [9.17, 15) is 0 Å². The maximum absolute atomic E-state index is 6.03. The van der Waals surface area contributed by atoms with Crippen LogP contribution in [0.25, 0.3) is 11.0 Å². The minimum absolute atomic E-state index is 0.424. The molecule has 2 N–H and O–H groups in total. The highest BCUT2D eigenvalue weighted by molar-refractivity contribution is 5.82. The van der Waals surface area contributed by atoms with E-state index in [1.165, 1.54) is 5.56 Å². The van der Waals surface area contributed by atoms with E-state index in [4.69, 9.17) is 18.9 Å². The molecule has 0 bridgehead atoms. The summed E-state index contributed by atoms with van der Waals surface area (Å²) in [4.78, 5) is 7.35. The highest BCUT2D eigenvalue weighted by Gasteiger charge is 2.31. The van der Waals surface area contributed by atoms with Crippen molar-refractivity contribution in [1.29, 1.82) is 0 Å². The Morgan fingerprint density at radius 2 is 2.00 bits per heavy atom. The lowest BCUT2D eigenvalue weighted by atomic mass is 9.97. The van der Waals surface area contributed by atoms with Gasteiger partial charge in [0.25, 0.3) is 0 Å². The lowest BCUT2D eigenvalue weighted by Gasteiger charge is -2.37. The summed E-state index contributed by atoms with van der Waals surface area (Å²) < 4.78 is 17.3. The molecule has 3 heterocycles. The third-order valence-corrected chi connectivity index (χ3v) is 6.17. The number of aliphatic imine (C=N–C) groups is 1. The summed E-state index contributed by atoms with van der Waals surface area (Å²) in [6.45, 7) is 11.7. The molecule has 2 aliphatic rings. The molecule has 0 aliphatic carbocycles. The number of guanidine groups is 1. The fraction of sp³-hybridized carbons (Fsp3) is 0.609. The second-order valence-corrected chi connectivity index (χ2v) is 8.06. The first-order valence-corrected chi connectivity index (χ1v) is 11.1. The van der Waals surface area contributed by atoms with Crippen molar-refractivity contribution in [3.63, 3.8) is 0 Å². The Morgan fingerprint density at radius 1 is 1.17 bits per heavy atom. The van der Waals surface area contributed by atoms with Gasteiger partial charge in [-0.25, -0.2) is 4.99 Å². The number of aryl methyl sites for hydroxylation is 1. The Hall–Kier alpha value is -2.09. The number of furan rings is 1. The largest absolute Gasteiger partial charge is 0.459 e. The summed E-state index contributed by atoms with van der Waals surface area (Å²) in [6, 6.07) is 8.58. The predicted octanol–water partition coefficient (Wildman–Crippen LogP) is 2.53. The van der Waals surface area contributed by atoms with E-state index in [1.54, 1.807) is 0 Å². The van der Waals surface area contributed by atoms with Crippen LogP contribution in [0.5, 0.6) is 0 Å². The van der Waals surface area contributed by atoms with Crippen LogP contribution in [0, 0.1) is 12.8 Å². The van der Waals surface area contributed by atoms with Crippen LogP contribution >= 0.6 is 0 Å². The van der Waals surface area contributed by atoms with Crippen LogP contribution < -0.4 is 10.6 Å². The zero-order chi connectivity index (χ0) is 20.8. The molecule has 164 valence electrons. The maximum atomic E-state index is 6.03. The van der Waals surface area contributed by atoms with E-state index in [2.05, 4.69) is 35.4 Å². The summed E-state index contributed by atoms with van der Waals surface area (Å²) in [5, 5.41) is 8.12. The first-order chi connectivity index (χ1) is 14.8. The van der Waals surface area contributed by atoms with Gasteiger partial charge in [0.2, 0.25) is 0 Å². The van der Waals surface area contributed by atoms with Crippen molar-refractivity contribution < 1.29 is 13.9 Å². The standard InChI is InChI=1S/C23H34N4O3/c1-3-24-23(26-15-22-17(2)19-6-4-5-7-21(19)30-22)25-14-20(18-8-11-29-16-18)27-9-12-28-13-10-27/h4-7,18,20H,3,8-16H2,1-2H3,(H2,24,25,26). The fourth-order valence-electron chi connectivity index (χ4n) is 4.43. The van der Waals surface area contributed by atoms with Gasteiger partial charge in [0, 0.05) is 55.7 Å². The molecule has 1 aromatic carbocycles. The SMILES string of the molecule is CCNC(=NCc1oc2ccccc2c1C)NCC(C1CCOC1)N1CCOCC1. The average molecular weight is 415 g/mol. The number of ether oxygens (including phenoxy) is 2. The number of fused-ring (bicyclic) bond motifs is 1. The summed E-state index contributed by atoms with van der Waals surface area (Å²) in [5.74, 6) is 2.30. The molecular formula is C23H34N4O3. The number of hydrogen-bond acceptors (Lipinski definition) is 5. The van der Waals surface area contributed by atoms with Gasteiger partial charge in [0.15, 0.2) is 5.96 Å². The molecule has 2 aromatic rings. The highest BCUT2D eigenvalue weighted by atomic mass is 16.5. The molecule has 2 fully saturated rings. The number of rotatable bonds is 7. The zero-order valence-electron chi connectivity index (χ0n) is 18.2. The number of hydrogen-bond donors (Lipinski definition) is 2. The number of para-hydroxylation sites is 1. The van der Waals surface area contributed by atoms with Crippen molar-refractivity contribution in [3.05, 3.63) is 35.6 Å². The molecule has 0 spiro atoms. The molecule has 2 unspecified atom stereocenters. The number of nitrogens with zero attached hydrogens (tertiary/aromatic N) is 2. The van der Waals surface area contributed by atoms with Crippen molar-refractivity contribution in [2.75, 3.05) is 52.6 Å². The Labute approximate surface area is 178 Å². The molecule has 0 saturated carbocycles. The minimum atomic E-state index is 0.424. The van der Waals surface area contributed by atoms with Crippen LogP contribution in [0.2, 0.25) is 0 Å². The van der Waals surface area contributed by atoms with Crippen LogP contribution in [0.3, 0.4) is 0 Å². The van der Waals surface area contributed by atoms with Crippen LogP contribution in [0.4, 0.5) is 0 Å². The van der Waals surface area contributed by atoms with E-state index in [-0.39, 0.29) is 0 Å². The number of morpholine rings is 1. The highest BCUT2D eigenvalue weighted by Crippen LogP contribution is 2.25. The third-order valence-electron chi connectivity index (χ3n) is 6.17. The molecule has 0 radical (unpaired) electrons. The Balaban J connectivity index is 1.43. The van der Waals surface area contributed by atoms with E-state index in [1.807, 2.05) is 18.2 Å². The second kappa shape index (κ2) is 10.3. The third kappa shape index (κ3) is 4.96. The van der Waals surface area contributed by atoms with Gasteiger partial charge in [-0.3, -0.25) is 4.90 Å². The van der Waals surface area contributed by atoms with Gasteiger partial charge in [0.05, 0.1) is 19.8 Å². The van der Waals surface area contributed by atoms with E-state index in [0.29, 0.717) is 18.5 Å². The number of benzene rings is 1. The van der Waals surface area contributed by atoms with Crippen molar-refractivity contribution in [2.24, 2.45) is 10.9 Å². The van der Waals surface area contributed by atoms with Gasteiger partial charge in [0.1, 0.15) is 17.9 Å². The Bertz CT molecular complexity index is 838. The Morgan fingerprint density at radius 3 is 2.73 bits per heavy atom. The van der Waals surface area contributed by atoms with Gasteiger partial charge < -0.3 is 24.5 Å². The molecule has 1 aromatic heterocycles. The average Bonchev–Trinajstić information content (AvgIpc) is 3.42. The molecule has 7 heteroatoms. The van der Waals surface area contributed by atoms with Gasteiger partial charge in [-0.1, -0.05) is 18.2 Å². The zero-order valence-corrected chi connectivity index (χ0v) is 18.2. The summed E-state index contributed by atoms with van der Waals surface area (Å²) in [5.41, 5.74) is 2.09. The smallest absolute Gasteiger partial charge is 0.191 e. The first-order valence-electron chi connectivity index (χ1n) is 11.1. The second-order valence-electron chi connectivity index (χ2n) is 8.06. The Kier molecular flexibility index (Phi) is 7.25. The predicted molar refractivity (Wildman–Crippen MR) is 119 cm³/mol. The number of nitrogens with one attached hydrogen (secondary N) is 2.